The number of nitrogens with one attached hydrogen (secondary N) is 1. The second kappa shape index (κ2) is 4.10. The average molecular weight is 157 g/mol. The molecule has 0 spiro atoms. The molecule has 1 unspecified atom stereocenters. The van der Waals surface area contributed by atoms with Crippen LogP contribution in [0.4, 0.5) is 0 Å². The Labute approximate surface area is 71.6 Å². The standard InChI is InChI=1S/C10H23N/c1-8(2)9(3)7-11-10(4,5)6/h8-9,11H,7H2,1-6H3. The Morgan fingerprint density at radius 2 is 1.55 bits per heavy atom. The number of rotatable bonds is 3. The summed E-state index contributed by atoms with van der Waals surface area (Å²) in [5.74, 6) is 1.55. The first kappa shape index (κ1) is 11.0. The average Bonchev–Trinajstić information content (AvgIpc) is 1.80. The van der Waals surface area contributed by atoms with E-state index < -0.39 is 0 Å². The summed E-state index contributed by atoms with van der Waals surface area (Å²) in [4.78, 5) is 0. The fourth-order valence-electron chi connectivity index (χ4n) is 0.703. The summed E-state index contributed by atoms with van der Waals surface area (Å²) in [6, 6.07) is 0. The SMILES string of the molecule is CC(C)C(C)CNC(C)(C)C. The maximum absolute atomic E-state index is 3.50. The van der Waals surface area contributed by atoms with E-state index in [9.17, 15) is 0 Å². The van der Waals surface area contributed by atoms with Crippen molar-refractivity contribution in [3.8, 4) is 0 Å². The topological polar surface area (TPSA) is 12.0 Å². The minimum atomic E-state index is 0.267. The van der Waals surface area contributed by atoms with Crippen LogP contribution in [0.2, 0.25) is 0 Å². The summed E-state index contributed by atoms with van der Waals surface area (Å²) in [6.45, 7) is 14.6. The van der Waals surface area contributed by atoms with Crippen molar-refractivity contribution in [2.75, 3.05) is 6.54 Å². The molecule has 0 saturated heterocycles. The van der Waals surface area contributed by atoms with Gasteiger partial charge in [-0.15, -0.1) is 0 Å². The van der Waals surface area contributed by atoms with Gasteiger partial charge in [-0.1, -0.05) is 20.8 Å². The monoisotopic (exact) mass is 157 g/mol. The van der Waals surface area contributed by atoms with Crippen LogP contribution in [0.3, 0.4) is 0 Å². The molecular formula is C10H23N. The van der Waals surface area contributed by atoms with Gasteiger partial charge in [0.2, 0.25) is 0 Å². The van der Waals surface area contributed by atoms with Crippen molar-refractivity contribution in [2.24, 2.45) is 11.8 Å². The molecule has 68 valence electrons. The lowest BCUT2D eigenvalue weighted by Crippen LogP contribution is -2.39. The van der Waals surface area contributed by atoms with Gasteiger partial charge in [0.1, 0.15) is 0 Å². The summed E-state index contributed by atoms with van der Waals surface area (Å²) in [5, 5.41) is 3.50. The minimum Gasteiger partial charge on any atom is -0.312 e. The first-order chi connectivity index (χ1) is 4.83. The first-order valence-electron chi connectivity index (χ1n) is 4.58. The third kappa shape index (κ3) is 6.36. The molecule has 11 heavy (non-hydrogen) atoms. The van der Waals surface area contributed by atoms with Gasteiger partial charge in [-0.25, -0.2) is 0 Å². The van der Waals surface area contributed by atoms with E-state index in [0.29, 0.717) is 0 Å². The fourth-order valence-corrected chi connectivity index (χ4v) is 0.703. The third-order valence-corrected chi connectivity index (χ3v) is 2.09. The summed E-state index contributed by atoms with van der Waals surface area (Å²) in [5.41, 5.74) is 0.267. The zero-order valence-corrected chi connectivity index (χ0v) is 8.86. The van der Waals surface area contributed by atoms with Crippen LogP contribution in [-0.2, 0) is 0 Å². The molecule has 0 rings (SSSR count). The fraction of sp³-hybridized carbons (Fsp3) is 1.00. The van der Waals surface area contributed by atoms with Crippen LogP contribution in [0, 0.1) is 11.8 Å². The van der Waals surface area contributed by atoms with Gasteiger partial charge in [0, 0.05) is 5.54 Å². The van der Waals surface area contributed by atoms with E-state index in [1.165, 1.54) is 0 Å². The maximum Gasteiger partial charge on any atom is 0.00966 e. The zero-order valence-electron chi connectivity index (χ0n) is 8.86. The summed E-state index contributed by atoms with van der Waals surface area (Å²) < 4.78 is 0. The van der Waals surface area contributed by atoms with Crippen molar-refractivity contribution in [1.29, 1.82) is 0 Å². The molecule has 0 aromatic heterocycles. The van der Waals surface area contributed by atoms with Crippen LogP contribution < -0.4 is 5.32 Å². The largest absolute Gasteiger partial charge is 0.312 e. The molecule has 0 aliphatic rings. The van der Waals surface area contributed by atoms with E-state index in [4.69, 9.17) is 0 Å². The normalized spacial score (nSPS) is 15.5. The van der Waals surface area contributed by atoms with Gasteiger partial charge < -0.3 is 5.32 Å². The molecule has 0 aliphatic heterocycles. The third-order valence-electron chi connectivity index (χ3n) is 2.09. The molecule has 0 heterocycles. The van der Waals surface area contributed by atoms with E-state index in [2.05, 4.69) is 46.9 Å². The molecule has 0 saturated carbocycles. The van der Waals surface area contributed by atoms with Crippen molar-refractivity contribution in [1.82, 2.24) is 5.32 Å². The lowest BCUT2D eigenvalue weighted by molar-refractivity contribution is 0.333. The molecule has 1 atom stereocenters. The van der Waals surface area contributed by atoms with Crippen molar-refractivity contribution in [3.63, 3.8) is 0 Å². The molecular weight excluding hydrogens is 134 g/mol. The quantitative estimate of drug-likeness (QED) is 0.664. The predicted octanol–water partition coefficient (Wildman–Crippen LogP) is 2.67. The first-order valence-corrected chi connectivity index (χ1v) is 4.58. The summed E-state index contributed by atoms with van der Waals surface area (Å²) in [7, 11) is 0. The molecule has 0 bridgehead atoms. The Kier molecular flexibility index (Phi) is 4.09. The Balaban J connectivity index is 3.54. The lowest BCUT2D eigenvalue weighted by Gasteiger charge is -2.25. The number of hydrogen-bond donors (Lipinski definition) is 1. The molecule has 1 N–H and O–H groups in total. The van der Waals surface area contributed by atoms with Gasteiger partial charge in [0.25, 0.3) is 0 Å². The lowest BCUT2D eigenvalue weighted by atomic mass is 9.97. The molecule has 1 nitrogen and oxygen atoms in total. The van der Waals surface area contributed by atoms with Crippen LogP contribution in [0.1, 0.15) is 41.5 Å². The molecule has 1 heteroatoms. The van der Waals surface area contributed by atoms with E-state index in [1.54, 1.807) is 0 Å². The van der Waals surface area contributed by atoms with Crippen molar-refractivity contribution in [3.05, 3.63) is 0 Å². The van der Waals surface area contributed by atoms with Gasteiger partial charge in [0.05, 0.1) is 0 Å². The second-order valence-corrected chi connectivity index (χ2v) is 4.85. The molecule has 0 aromatic rings. The molecule has 0 aliphatic carbocycles. The number of hydrogen-bond acceptors (Lipinski definition) is 1. The van der Waals surface area contributed by atoms with E-state index in [1.807, 2.05) is 0 Å². The smallest absolute Gasteiger partial charge is 0.00966 e. The van der Waals surface area contributed by atoms with Crippen LogP contribution in [0.25, 0.3) is 0 Å². The Morgan fingerprint density at radius 3 is 1.82 bits per heavy atom. The van der Waals surface area contributed by atoms with Gasteiger partial charge in [-0.2, -0.15) is 0 Å². The Bertz CT molecular complexity index is 99.9. The highest BCUT2D eigenvalue weighted by Gasteiger charge is 2.12. The minimum absolute atomic E-state index is 0.267. The Morgan fingerprint density at radius 1 is 1.09 bits per heavy atom. The Hall–Kier alpha value is -0.0400. The summed E-state index contributed by atoms with van der Waals surface area (Å²) >= 11 is 0. The van der Waals surface area contributed by atoms with E-state index >= 15 is 0 Å². The van der Waals surface area contributed by atoms with Crippen LogP contribution in [0.5, 0.6) is 0 Å². The van der Waals surface area contributed by atoms with Gasteiger partial charge in [-0.05, 0) is 39.2 Å². The van der Waals surface area contributed by atoms with E-state index in [-0.39, 0.29) is 5.54 Å². The van der Waals surface area contributed by atoms with Crippen molar-refractivity contribution in [2.45, 2.75) is 47.1 Å². The van der Waals surface area contributed by atoms with Gasteiger partial charge in [0.15, 0.2) is 0 Å². The van der Waals surface area contributed by atoms with Crippen LogP contribution in [0.15, 0.2) is 0 Å². The molecule has 0 aromatic carbocycles. The van der Waals surface area contributed by atoms with Crippen molar-refractivity contribution >= 4 is 0 Å². The zero-order chi connectivity index (χ0) is 9.07. The highest BCUT2D eigenvalue weighted by molar-refractivity contribution is 4.72. The molecule has 0 radical (unpaired) electrons. The van der Waals surface area contributed by atoms with Crippen molar-refractivity contribution < 1.29 is 0 Å². The molecule has 0 fully saturated rings. The second-order valence-electron chi connectivity index (χ2n) is 4.85. The van der Waals surface area contributed by atoms with Crippen LogP contribution in [-0.4, -0.2) is 12.1 Å². The molecule has 0 amide bonds. The van der Waals surface area contributed by atoms with E-state index in [0.717, 1.165) is 18.4 Å². The summed E-state index contributed by atoms with van der Waals surface area (Å²) in [6.07, 6.45) is 0. The van der Waals surface area contributed by atoms with Crippen LogP contribution >= 0.6 is 0 Å². The highest BCUT2D eigenvalue weighted by Crippen LogP contribution is 2.09. The predicted molar refractivity (Wildman–Crippen MR) is 51.8 cm³/mol. The maximum atomic E-state index is 3.50. The van der Waals surface area contributed by atoms with Gasteiger partial charge >= 0.3 is 0 Å². The van der Waals surface area contributed by atoms with Gasteiger partial charge in [-0.3, -0.25) is 0 Å². The highest BCUT2D eigenvalue weighted by atomic mass is 14.9.